The minimum absolute atomic E-state index is 0.208. The average molecular weight is 204 g/mol. The fourth-order valence-corrected chi connectivity index (χ4v) is 1.10. The largest absolute Gasteiger partial charge is 0.488 e. The summed E-state index contributed by atoms with van der Waals surface area (Å²) in [4.78, 5) is 0. The Morgan fingerprint density at radius 2 is 2.13 bits per heavy atom. The summed E-state index contributed by atoms with van der Waals surface area (Å²) < 4.78 is 5.74. The maximum absolute atomic E-state index is 8.72. The van der Waals surface area contributed by atoms with Crippen molar-refractivity contribution in [1.29, 1.82) is 5.26 Å². The number of hydrogen-bond acceptors (Lipinski definition) is 3. The average Bonchev–Trinajstić information content (AvgIpc) is 2.17. The van der Waals surface area contributed by atoms with Gasteiger partial charge in [0.15, 0.2) is 0 Å². The summed E-state index contributed by atoms with van der Waals surface area (Å²) in [6, 6.07) is 7.16. The van der Waals surface area contributed by atoms with Gasteiger partial charge in [0.05, 0.1) is 11.3 Å². The molecule has 3 heteroatoms. The Bertz CT molecular complexity index is 391. The number of nitrogens with zero attached hydrogens (tertiary/aromatic N) is 1. The zero-order valence-electron chi connectivity index (χ0n) is 9.37. The van der Waals surface area contributed by atoms with Gasteiger partial charge in [0.1, 0.15) is 17.4 Å². The van der Waals surface area contributed by atoms with E-state index in [1.165, 1.54) is 0 Å². The van der Waals surface area contributed by atoms with Crippen molar-refractivity contribution in [2.75, 3.05) is 5.73 Å². The highest BCUT2D eigenvalue weighted by atomic mass is 16.5. The second-order valence-electron chi connectivity index (χ2n) is 4.08. The fraction of sp³-hybridized carbons (Fsp3) is 0.417. The third-order valence-corrected chi connectivity index (χ3v) is 2.39. The molecule has 0 spiro atoms. The zero-order chi connectivity index (χ0) is 11.5. The van der Waals surface area contributed by atoms with Crippen LogP contribution < -0.4 is 10.5 Å². The molecule has 0 unspecified atom stereocenters. The first kappa shape index (κ1) is 11.4. The van der Waals surface area contributed by atoms with Crippen LogP contribution in [0.5, 0.6) is 5.75 Å². The van der Waals surface area contributed by atoms with Crippen LogP contribution in [0, 0.1) is 11.3 Å². The zero-order valence-corrected chi connectivity index (χ0v) is 9.37. The Morgan fingerprint density at radius 3 is 2.60 bits per heavy atom. The molecule has 2 N–H and O–H groups in total. The van der Waals surface area contributed by atoms with E-state index in [2.05, 4.69) is 6.92 Å². The molecule has 1 aromatic rings. The normalized spacial score (nSPS) is 10.8. The second-order valence-corrected chi connectivity index (χ2v) is 4.08. The van der Waals surface area contributed by atoms with E-state index in [0.717, 1.165) is 6.42 Å². The lowest BCUT2D eigenvalue weighted by Crippen LogP contribution is -2.26. The molecule has 3 nitrogen and oxygen atoms in total. The Kier molecular flexibility index (Phi) is 3.21. The van der Waals surface area contributed by atoms with Crippen LogP contribution in [0.4, 0.5) is 5.69 Å². The Morgan fingerprint density at radius 1 is 1.47 bits per heavy atom. The predicted octanol–water partition coefficient (Wildman–Crippen LogP) is 2.71. The van der Waals surface area contributed by atoms with Crippen molar-refractivity contribution in [3.63, 3.8) is 0 Å². The SMILES string of the molecule is CCC(C)(C)Oc1ccc(C#N)c(N)c1. The van der Waals surface area contributed by atoms with Gasteiger partial charge in [-0.25, -0.2) is 0 Å². The van der Waals surface area contributed by atoms with Crippen molar-refractivity contribution in [3.05, 3.63) is 23.8 Å². The molecule has 0 aliphatic carbocycles. The molecule has 0 amide bonds. The molecular formula is C12H16N2O. The van der Waals surface area contributed by atoms with Gasteiger partial charge in [0.25, 0.3) is 0 Å². The third-order valence-electron chi connectivity index (χ3n) is 2.39. The molecule has 0 aromatic heterocycles. The summed E-state index contributed by atoms with van der Waals surface area (Å²) in [5.41, 5.74) is 6.43. The number of nitriles is 1. The molecule has 0 aliphatic rings. The maximum atomic E-state index is 8.72. The van der Waals surface area contributed by atoms with Crippen LogP contribution in [0.25, 0.3) is 0 Å². The molecule has 80 valence electrons. The molecule has 0 bridgehead atoms. The minimum atomic E-state index is -0.208. The van der Waals surface area contributed by atoms with Gasteiger partial charge in [0.2, 0.25) is 0 Å². The Hall–Kier alpha value is -1.69. The number of anilines is 1. The topological polar surface area (TPSA) is 59.0 Å². The van der Waals surface area contributed by atoms with Gasteiger partial charge < -0.3 is 10.5 Å². The lowest BCUT2D eigenvalue weighted by atomic mass is 10.1. The van der Waals surface area contributed by atoms with Crippen LogP contribution in [0.3, 0.4) is 0 Å². The van der Waals surface area contributed by atoms with E-state index in [-0.39, 0.29) is 5.60 Å². The summed E-state index contributed by atoms with van der Waals surface area (Å²) >= 11 is 0. The summed E-state index contributed by atoms with van der Waals surface area (Å²) in [5.74, 6) is 0.707. The van der Waals surface area contributed by atoms with Gasteiger partial charge >= 0.3 is 0 Å². The monoisotopic (exact) mass is 204 g/mol. The smallest absolute Gasteiger partial charge is 0.122 e. The van der Waals surface area contributed by atoms with Crippen LogP contribution in [0.2, 0.25) is 0 Å². The Labute approximate surface area is 90.5 Å². The summed E-state index contributed by atoms with van der Waals surface area (Å²) in [6.07, 6.45) is 0.910. The lowest BCUT2D eigenvalue weighted by molar-refractivity contribution is 0.105. The van der Waals surface area contributed by atoms with Gasteiger partial charge in [-0.05, 0) is 32.4 Å². The van der Waals surface area contributed by atoms with Crippen molar-refractivity contribution >= 4 is 5.69 Å². The number of ether oxygens (including phenoxy) is 1. The first-order valence-corrected chi connectivity index (χ1v) is 4.97. The van der Waals surface area contributed by atoms with Gasteiger partial charge in [-0.1, -0.05) is 6.92 Å². The fourth-order valence-electron chi connectivity index (χ4n) is 1.10. The van der Waals surface area contributed by atoms with Gasteiger partial charge in [-0.3, -0.25) is 0 Å². The van der Waals surface area contributed by atoms with Gasteiger partial charge in [-0.15, -0.1) is 0 Å². The summed E-state index contributed by atoms with van der Waals surface area (Å²) in [6.45, 7) is 6.09. The molecule has 0 heterocycles. The maximum Gasteiger partial charge on any atom is 0.122 e. The molecule has 0 saturated carbocycles. The van der Waals surface area contributed by atoms with E-state index < -0.39 is 0 Å². The number of nitrogens with two attached hydrogens (primary N) is 1. The molecule has 0 aliphatic heterocycles. The summed E-state index contributed by atoms with van der Waals surface area (Å²) in [7, 11) is 0. The molecule has 1 aromatic carbocycles. The molecule has 1 rings (SSSR count). The highest BCUT2D eigenvalue weighted by Gasteiger charge is 2.16. The lowest BCUT2D eigenvalue weighted by Gasteiger charge is -2.25. The van der Waals surface area contributed by atoms with Crippen LogP contribution in [0.15, 0.2) is 18.2 Å². The summed E-state index contributed by atoms with van der Waals surface area (Å²) in [5, 5.41) is 8.72. The van der Waals surface area contributed by atoms with Crippen molar-refractivity contribution < 1.29 is 4.74 Å². The number of nitrogen functional groups attached to an aromatic ring is 1. The van der Waals surface area contributed by atoms with Crippen LogP contribution >= 0.6 is 0 Å². The first-order chi connectivity index (χ1) is 6.98. The third kappa shape index (κ3) is 2.88. The molecule has 0 radical (unpaired) electrons. The number of hydrogen-bond donors (Lipinski definition) is 1. The highest BCUT2D eigenvalue weighted by molar-refractivity contribution is 5.57. The first-order valence-electron chi connectivity index (χ1n) is 4.97. The molecule has 0 fully saturated rings. The van der Waals surface area contributed by atoms with Crippen molar-refractivity contribution in [2.24, 2.45) is 0 Å². The van der Waals surface area contributed by atoms with E-state index in [1.54, 1.807) is 18.2 Å². The van der Waals surface area contributed by atoms with E-state index in [4.69, 9.17) is 15.7 Å². The van der Waals surface area contributed by atoms with Gasteiger partial charge in [0, 0.05) is 6.07 Å². The van der Waals surface area contributed by atoms with Crippen LogP contribution in [-0.4, -0.2) is 5.60 Å². The molecule has 0 saturated heterocycles. The quantitative estimate of drug-likeness (QED) is 0.770. The number of benzene rings is 1. The molecule has 15 heavy (non-hydrogen) atoms. The molecule has 0 atom stereocenters. The van der Waals surface area contributed by atoms with E-state index in [1.807, 2.05) is 19.9 Å². The number of rotatable bonds is 3. The Balaban J connectivity index is 2.90. The second kappa shape index (κ2) is 4.22. The van der Waals surface area contributed by atoms with Crippen molar-refractivity contribution in [2.45, 2.75) is 32.8 Å². The van der Waals surface area contributed by atoms with Crippen molar-refractivity contribution in [3.8, 4) is 11.8 Å². The van der Waals surface area contributed by atoms with E-state index >= 15 is 0 Å². The molecular weight excluding hydrogens is 188 g/mol. The van der Waals surface area contributed by atoms with E-state index in [9.17, 15) is 0 Å². The standard InChI is InChI=1S/C12H16N2O/c1-4-12(2,3)15-10-6-5-9(8-13)11(14)7-10/h5-7H,4,14H2,1-3H3. The predicted molar refractivity (Wildman–Crippen MR) is 60.6 cm³/mol. The van der Waals surface area contributed by atoms with Crippen LogP contribution in [0.1, 0.15) is 32.8 Å². The van der Waals surface area contributed by atoms with E-state index in [0.29, 0.717) is 17.0 Å². The van der Waals surface area contributed by atoms with Gasteiger partial charge in [-0.2, -0.15) is 5.26 Å². The van der Waals surface area contributed by atoms with Crippen molar-refractivity contribution in [1.82, 2.24) is 0 Å². The van der Waals surface area contributed by atoms with Crippen LogP contribution in [-0.2, 0) is 0 Å². The minimum Gasteiger partial charge on any atom is -0.488 e. The highest BCUT2D eigenvalue weighted by Crippen LogP contribution is 2.24.